The molecular formula is C13H21N3O2. The summed E-state index contributed by atoms with van der Waals surface area (Å²) in [5, 5.41) is 5.62. The van der Waals surface area contributed by atoms with Crippen LogP contribution in [0.1, 0.15) is 20.3 Å². The van der Waals surface area contributed by atoms with E-state index in [9.17, 15) is 4.79 Å². The third-order valence-electron chi connectivity index (χ3n) is 2.99. The maximum Gasteiger partial charge on any atom is 0.319 e. The number of nitrogens with one attached hydrogen (secondary N) is 2. The normalized spacial score (nSPS) is 13.6. The van der Waals surface area contributed by atoms with E-state index in [4.69, 9.17) is 10.5 Å². The zero-order chi connectivity index (χ0) is 13.6. The smallest absolute Gasteiger partial charge is 0.319 e. The monoisotopic (exact) mass is 251 g/mol. The van der Waals surface area contributed by atoms with Crippen LogP contribution in [0.4, 0.5) is 10.5 Å². The van der Waals surface area contributed by atoms with Crippen LogP contribution in [0.3, 0.4) is 0 Å². The largest absolute Gasteiger partial charge is 0.497 e. The average molecular weight is 251 g/mol. The molecule has 0 radical (unpaired) electrons. The molecule has 0 spiro atoms. The van der Waals surface area contributed by atoms with E-state index >= 15 is 0 Å². The quantitative estimate of drug-likeness (QED) is 0.748. The summed E-state index contributed by atoms with van der Waals surface area (Å²) in [6.07, 6.45) is 0.777. The molecule has 1 aromatic carbocycles. The van der Waals surface area contributed by atoms with E-state index in [0.29, 0.717) is 12.2 Å². The molecular weight excluding hydrogens is 230 g/mol. The van der Waals surface area contributed by atoms with E-state index in [2.05, 4.69) is 10.6 Å². The van der Waals surface area contributed by atoms with Gasteiger partial charge in [0, 0.05) is 12.2 Å². The Morgan fingerprint density at radius 3 is 2.44 bits per heavy atom. The summed E-state index contributed by atoms with van der Waals surface area (Å²) in [4.78, 5) is 11.8. The molecule has 0 saturated heterocycles. The van der Waals surface area contributed by atoms with Crippen LogP contribution in [0.15, 0.2) is 24.3 Å². The number of methoxy groups -OCH3 is 1. The number of hydrogen-bond acceptors (Lipinski definition) is 3. The van der Waals surface area contributed by atoms with Gasteiger partial charge >= 0.3 is 6.03 Å². The molecule has 5 heteroatoms. The van der Waals surface area contributed by atoms with Gasteiger partial charge in [-0.3, -0.25) is 0 Å². The SMILES string of the molecule is CCC(C)(CN)NC(=O)Nc1ccc(OC)cc1. The van der Waals surface area contributed by atoms with Gasteiger partial charge in [-0.1, -0.05) is 6.92 Å². The molecule has 1 unspecified atom stereocenters. The third-order valence-corrected chi connectivity index (χ3v) is 2.99. The fourth-order valence-electron chi connectivity index (χ4n) is 1.39. The summed E-state index contributed by atoms with van der Waals surface area (Å²) in [6.45, 7) is 4.31. The van der Waals surface area contributed by atoms with E-state index in [-0.39, 0.29) is 11.6 Å². The average Bonchev–Trinajstić information content (AvgIpc) is 2.39. The second kappa shape index (κ2) is 6.26. The van der Waals surface area contributed by atoms with Crippen molar-refractivity contribution in [2.75, 3.05) is 19.0 Å². The molecule has 0 bridgehead atoms. The number of rotatable bonds is 5. The lowest BCUT2D eigenvalue weighted by Gasteiger charge is -2.27. The second-order valence-electron chi connectivity index (χ2n) is 4.43. The van der Waals surface area contributed by atoms with Crippen molar-refractivity contribution >= 4 is 11.7 Å². The number of benzene rings is 1. The van der Waals surface area contributed by atoms with Crippen LogP contribution in [0.5, 0.6) is 5.75 Å². The van der Waals surface area contributed by atoms with Gasteiger partial charge in [0.15, 0.2) is 0 Å². The van der Waals surface area contributed by atoms with Crippen molar-refractivity contribution in [3.63, 3.8) is 0 Å². The van der Waals surface area contributed by atoms with Gasteiger partial charge < -0.3 is 21.1 Å². The summed E-state index contributed by atoms with van der Waals surface area (Å²) < 4.78 is 5.04. The van der Waals surface area contributed by atoms with E-state index in [0.717, 1.165) is 12.2 Å². The topological polar surface area (TPSA) is 76.4 Å². The molecule has 1 atom stereocenters. The summed E-state index contributed by atoms with van der Waals surface area (Å²) in [5.74, 6) is 0.751. The summed E-state index contributed by atoms with van der Waals surface area (Å²) in [6, 6.07) is 6.89. The maximum atomic E-state index is 11.8. The minimum Gasteiger partial charge on any atom is -0.497 e. The Morgan fingerprint density at radius 2 is 2.00 bits per heavy atom. The lowest BCUT2D eigenvalue weighted by atomic mass is 10.00. The summed E-state index contributed by atoms with van der Waals surface area (Å²) >= 11 is 0. The van der Waals surface area contributed by atoms with Crippen molar-refractivity contribution < 1.29 is 9.53 Å². The van der Waals surface area contributed by atoms with Crippen LogP contribution in [-0.4, -0.2) is 25.2 Å². The fraction of sp³-hybridized carbons (Fsp3) is 0.462. The summed E-state index contributed by atoms with van der Waals surface area (Å²) in [7, 11) is 1.60. The highest BCUT2D eigenvalue weighted by molar-refractivity contribution is 5.89. The molecule has 0 aliphatic heterocycles. The predicted molar refractivity (Wildman–Crippen MR) is 72.9 cm³/mol. The predicted octanol–water partition coefficient (Wildman–Crippen LogP) is 1.94. The maximum absolute atomic E-state index is 11.8. The van der Waals surface area contributed by atoms with Gasteiger partial charge in [-0.2, -0.15) is 0 Å². The Labute approximate surface area is 108 Å². The number of carbonyl (C=O) groups excluding carboxylic acids is 1. The molecule has 0 aliphatic rings. The van der Waals surface area contributed by atoms with Crippen molar-refractivity contribution in [1.82, 2.24) is 5.32 Å². The van der Waals surface area contributed by atoms with Crippen molar-refractivity contribution in [2.24, 2.45) is 5.73 Å². The van der Waals surface area contributed by atoms with Crippen LogP contribution in [0.25, 0.3) is 0 Å². The molecule has 0 saturated carbocycles. The Bertz CT molecular complexity index is 386. The van der Waals surface area contributed by atoms with Crippen LogP contribution in [0.2, 0.25) is 0 Å². The first-order chi connectivity index (χ1) is 8.53. The molecule has 0 aliphatic carbocycles. The zero-order valence-corrected chi connectivity index (χ0v) is 11.1. The van der Waals surface area contributed by atoms with Crippen LogP contribution < -0.4 is 21.1 Å². The molecule has 1 aromatic rings. The molecule has 4 N–H and O–H groups in total. The highest BCUT2D eigenvalue weighted by Gasteiger charge is 2.22. The highest BCUT2D eigenvalue weighted by Crippen LogP contribution is 2.15. The van der Waals surface area contributed by atoms with Gasteiger partial charge in [0.25, 0.3) is 0 Å². The molecule has 0 heterocycles. The Kier molecular flexibility index (Phi) is 4.97. The number of hydrogen-bond donors (Lipinski definition) is 3. The third kappa shape index (κ3) is 3.92. The van der Waals surface area contributed by atoms with Gasteiger partial charge in [0.2, 0.25) is 0 Å². The Hall–Kier alpha value is -1.75. The van der Waals surface area contributed by atoms with Crippen LogP contribution >= 0.6 is 0 Å². The molecule has 1 rings (SSSR count). The number of nitrogens with two attached hydrogens (primary N) is 1. The van der Waals surface area contributed by atoms with Gasteiger partial charge in [-0.05, 0) is 37.6 Å². The highest BCUT2D eigenvalue weighted by atomic mass is 16.5. The first-order valence-electron chi connectivity index (χ1n) is 5.96. The number of urea groups is 1. The van der Waals surface area contributed by atoms with E-state index in [1.807, 2.05) is 13.8 Å². The van der Waals surface area contributed by atoms with E-state index in [1.54, 1.807) is 31.4 Å². The van der Waals surface area contributed by atoms with E-state index < -0.39 is 0 Å². The molecule has 18 heavy (non-hydrogen) atoms. The van der Waals surface area contributed by atoms with E-state index in [1.165, 1.54) is 0 Å². The van der Waals surface area contributed by atoms with Gasteiger partial charge in [-0.15, -0.1) is 0 Å². The molecule has 2 amide bonds. The molecule has 5 nitrogen and oxygen atoms in total. The molecule has 100 valence electrons. The summed E-state index contributed by atoms with van der Waals surface area (Å²) in [5.41, 5.74) is 5.97. The number of ether oxygens (including phenoxy) is 1. The molecule has 0 aromatic heterocycles. The van der Waals surface area contributed by atoms with Gasteiger partial charge in [-0.25, -0.2) is 4.79 Å². The van der Waals surface area contributed by atoms with Crippen molar-refractivity contribution in [1.29, 1.82) is 0 Å². The van der Waals surface area contributed by atoms with Crippen LogP contribution in [0, 0.1) is 0 Å². The lowest BCUT2D eigenvalue weighted by molar-refractivity contribution is 0.238. The van der Waals surface area contributed by atoms with Crippen molar-refractivity contribution in [3.05, 3.63) is 24.3 Å². The van der Waals surface area contributed by atoms with Gasteiger partial charge in [0.1, 0.15) is 5.75 Å². The first-order valence-corrected chi connectivity index (χ1v) is 5.96. The number of amides is 2. The van der Waals surface area contributed by atoms with Crippen molar-refractivity contribution in [3.8, 4) is 5.75 Å². The standard InChI is InChI=1S/C13H21N3O2/c1-4-13(2,9-14)16-12(17)15-10-5-7-11(18-3)8-6-10/h5-8H,4,9,14H2,1-3H3,(H2,15,16,17). The Morgan fingerprint density at radius 1 is 1.39 bits per heavy atom. The zero-order valence-electron chi connectivity index (χ0n) is 11.1. The van der Waals surface area contributed by atoms with Crippen LogP contribution in [-0.2, 0) is 0 Å². The molecule has 0 fully saturated rings. The minimum absolute atomic E-state index is 0.255. The number of carbonyl (C=O) groups is 1. The van der Waals surface area contributed by atoms with Gasteiger partial charge in [0.05, 0.1) is 12.6 Å². The minimum atomic E-state index is -0.378. The van der Waals surface area contributed by atoms with Crippen molar-refractivity contribution in [2.45, 2.75) is 25.8 Å². The Balaban J connectivity index is 2.58. The first kappa shape index (κ1) is 14.3. The lowest BCUT2D eigenvalue weighted by Crippen LogP contribution is -2.52. The number of anilines is 1. The second-order valence-corrected chi connectivity index (χ2v) is 4.43. The fourth-order valence-corrected chi connectivity index (χ4v) is 1.39.